The summed E-state index contributed by atoms with van der Waals surface area (Å²) in [6.07, 6.45) is 9.40. The van der Waals surface area contributed by atoms with Crippen LogP contribution in [-0.4, -0.2) is 68.0 Å². The molecule has 0 atom stereocenters. The third-order valence-corrected chi connectivity index (χ3v) is 9.70. The molecular weight excluding hydrogens is 613 g/mol. The summed E-state index contributed by atoms with van der Waals surface area (Å²) in [5.41, 5.74) is 1.13. The Morgan fingerprint density at radius 2 is 1.71 bits per heavy atom. The highest BCUT2D eigenvalue weighted by Crippen LogP contribution is 2.31. The molecule has 1 saturated heterocycles. The first-order valence-corrected chi connectivity index (χ1v) is 16.8. The lowest BCUT2D eigenvalue weighted by molar-refractivity contribution is 0.102. The van der Waals surface area contributed by atoms with Gasteiger partial charge in [-0.05, 0) is 126 Å². The number of likely N-dealkylation sites (tertiary alicyclic amines) is 1. The van der Waals surface area contributed by atoms with Gasteiger partial charge in [0.1, 0.15) is 23.5 Å². The van der Waals surface area contributed by atoms with Crippen LogP contribution in [0.2, 0.25) is 0 Å². The standard InChI is InChI=1S/C36H40FN7O4/c1-41-16-12-24(13-17-41)14-18-42-19-15-30-32(22-42)38-23-39-34(30)48-29-10-6-27(7-11-29)40-33(45)31-21-43(20-25-2-3-25)36(47)44(35(31)46)28-8-4-26(37)5-9-28/h4-11,21,23-25H,2-3,12-20,22H2,1H3,(H,40,45). The van der Waals surface area contributed by atoms with Crippen LogP contribution in [0.5, 0.6) is 11.6 Å². The van der Waals surface area contributed by atoms with Crippen LogP contribution in [0.4, 0.5) is 10.1 Å². The van der Waals surface area contributed by atoms with Crippen molar-refractivity contribution >= 4 is 11.6 Å². The Kier molecular flexibility index (Phi) is 9.18. The molecule has 2 aromatic carbocycles. The number of carbonyl (C=O) groups excluding carboxylic acids is 1. The molecule has 0 radical (unpaired) electrons. The zero-order valence-electron chi connectivity index (χ0n) is 27.1. The van der Waals surface area contributed by atoms with E-state index in [1.165, 1.54) is 67.4 Å². The van der Waals surface area contributed by atoms with Gasteiger partial charge in [0.05, 0.1) is 11.4 Å². The van der Waals surface area contributed by atoms with Gasteiger partial charge in [0.25, 0.3) is 11.5 Å². The molecule has 11 nitrogen and oxygen atoms in total. The van der Waals surface area contributed by atoms with E-state index in [1.54, 1.807) is 30.6 Å². The summed E-state index contributed by atoms with van der Waals surface area (Å²) in [5, 5.41) is 2.77. The summed E-state index contributed by atoms with van der Waals surface area (Å²) >= 11 is 0. The van der Waals surface area contributed by atoms with Gasteiger partial charge in [-0.2, -0.15) is 0 Å². The van der Waals surface area contributed by atoms with Crippen LogP contribution < -0.4 is 21.3 Å². The molecule has 1 N–H and O–H groups in total. The van der Waals surface area contributed by atoms with Crippen molar-refractivity contribution < 1.29 is 13.9 Å². The summed E-state index contributed by atoms with van der Waals surface area (Å²) in [4.78, 5) is 53.9. The highest BCUT2D eigenvalue weighted by atomic mass is 19.1. The van der Waals surface area contributed by atoms with Crippen LogP contribution >= 0.6 is 0 Å². The number of benzene rings is 2. The number of amides is 1. The first-order chi connectivity index (χ1) is 23.3. The van der Waals surface area contributed by atoms with Crippen molar-refractivity contribution in [2.24, 2.45) is 11.8 Å². The van der Waals surface area contributed by atoms with Crippen molar-refractivity contribution in [2.75, 3.05) is 38.5 Å². The number of halogens is 1. The SMILES string of the molecule is CN1CCC(CCN2CCc3c(ncnc3Oc3ccc(NC(=O)c4cn(CC5CC5)c(=O)n(-c5ccc(F)cc5)c4=O)cc3)C2)CC1. The predicted octanol–water partition coefficient (Wildman–Crippen LogP) is 4.47. The Morgan fingerprint density at radius 3 is 2.44 bits per heavy atom. The fourth-order valence-corrected chi connectivity index (χ4v) is 6.57. The third kappa shape index (κ3) is 7.24. The molecule has 4 heterocycles. The number of carbonyl (C=O) groups is 1. The molecule has 2 fully saturated rings. The zero-order chi connectivity index (χ0) is 33.2. The second kappa shape index (κ2) is 13.8. The van der Waals surface area contributed by atoms with Gasteiger partial charge in [0.2, 0.25) is 5.88 Å². The first-order valence-electron chi connectivity index (χ1n) is 16.8. The number of nitrogens with one attached hydrogen (secondary N) is 1. The minimum Gasteiger partial charge on any atom is -0.439 e. The second-order valence-corrected chi connectivity index (χ2v) is 13.3. The summed E-state index contributed by atoms with van der Waals surface area (Å²) in [5.74, 6) is 1.05. The highest BCUT2D eigenvalue weighted by Gasteiger charge is 2.26. The quantitative estimate of drug-likeness (QED) is 0.267. The number of anilines is 1. The Labute approximate surface area is 278 Å². The van der Waals surface area contributed by atoms with Crippen molar-refractivity contribution in [3.8, 4) is 17.3 Å². The normalized spacial score (nSPS) is 17.2. The first kappa shape index (κ1) is 31.9. The van der Waals surface area contributed by atoms with Gasteiger partial charge in [-0.15, -0.1) is 0 Å². The molecular formula is C36H40FN7O4. The van der Waals surface area contributed by atoms with E-state index < -0.39 is 23.0 Å². The monoisotopic (exact) mass is 653 g/mol. The van der Waals surface area contributed by atoms with Crippen LogP contribution in [0.25, 0.3) is 5.69 Å². The molecule has 2 aromatic heterocycles. The third-order valence-electron chi connectivity index (χ3n) is 9.70. The number of hydrogen-bond acceptors (Lipinski definition) is 8. The molecule has 4 aromatic rings. The number of rotatable bonds is 10. The maximum atomic E-state index is 13.6. The second-order valence-electron chi connectivity index (χ2n) is 13.3. The molecule has 2 aliphatic heterocycles. The summed E-state index contributed by atoms with van der Waals surface area (Å²) in [6, 6.07) is 11.9. The maximum Gasteiger partial charge on any atom is 0.335 e. The van der Waals surface area contributed by atoms with E-state index in [4.69, 9.17) is 4.74 Å². The molecule has 48 heavy (non-hydrogen) atoms. The van der Waals surface area contributed by atoms with E-state index in [0.717, 1.165) is 60.6 Å². The van der Waals surface area contributed by atoms with Gasteiger partial charge in [0.15, 0.2) is 0 Å². The summed E-state index contributed by atoms with van der Waals surface area (Å²) < 4.78 is 22.1. The number of hydrogen-bond donors (Lipinski definition) is 1. The fourth-order valence-electron chi connectivity index (χ4n) is 6.57. The van der Waals surface area contributed by atoms with Gasteiger partial charge in [-0.1, -0.05) is 0 Å². The van der Waals surface area contributed by atoms with E-state index in [1.807, 2.05) is 0 Å². The lowest BCUT2D eigenvalue weighted by Crippen LogP contribution is -2.42. The van der Waals surface area contributed by atoms with E-state index in [-0.39, 0.29) is 11.3 Å². The lowest BCUT2D eigenvalue weighted by Gasteiger charge is -2.32. The summed E-state index contributed by atoms with van der Waals surface area (Å²) in [7, 11) is 2.20. The molecule has 0 bridgehead atoms. The van der Waals surface area contributed by atoms with E-state index in [9.17, 15) is 18.8 Å². The Hall–Kier alpha value is -4.68. The van der Waals surface area contributed by atoms with E-state index in [0.29, 0.717) is 29.8 Å². The van der Waals surface area contributed by atoms with Crippen molar-refractivity contribution in [1.82, 2.24) is 28.9 Å². The Balaban J connectivity index is 1.02. The van der Waals surface area contributed by atoms with Gasteiger partial charge in [-0.25, -0.2) is 23.7 Å². The topological polar surface area (TPSA) is 115 Å². The fraction of sp³-hybridized carbons (Fsp3) is 0.417. The van der Waals surface area contributed by atoms with Gasteiger partial charge < -0.3 is 15.0 Å². The number of aromatic nitrogens is 4. The predicted molar refractivity (Wildman–Crippen MR) is 179 cm³/mol. The number of piperidine rings is 1. The minimum atomic E-state index is -0.773. The van der Waals surface area contributed by atoms with Crippen molar-refractivity contribution in [3.63, 3.8) is 0 Å². The molecule has 1 aliphatic carbocycles. The molecule has 12 heteroatoms. The van der Waals surface area contributed by atoms with Crippen molar-refractivity contribution in [1.29, 1.82) is 0 Å². The van der Waals surface area contributed by atoms with Gasteiger partial charge in [-0.3, -0.25) is 19.1 Å². The molecule has 7 rings (SSSR count). The van der Waals surface area contributed by atoms with Crippen LogP contribution in [0.1, 0.15) is 53.7 Å². The summed E-state index contributed by atoms with van der Waals surface area (Å²) in [6.45, 7) is 5.56. The molecule has 1 saturated carbocycles. The molecule has 0 unspecified atom stereocenters. The van der Waals surface area contributed by atoms with Crippen LogP contribution in [0.3, 0.4) is 0 Å². The highest BCUT2D eigenvalue weighted by molar-refractivity contribution is 6.03. The molecule has 3 aliphatic rings. The Morgan fingerprint density at radius 1 is 0.958 bits per heavy atom. The molecule has 250 valence electrons. The van der Waals surface area contributed by atoms with Crippen LogP contribution in [-0.2, 0) is 19.5 Å². The Bertz CT molecular complexity index is 1900. The average Bonchev–Trinajstić information content (AvgIpc) is 3.92. The number of fused-ring (bicyclic) bond motifs is 1. The average molecular weight is 654 g/mol. The van der Waals surface area contributed by atoms with E-state index in [2.05, 4.69) is 32.1 Å². The minimum absolute atomic E-state index is 0.187. The van der Waals surface area contributed by atoms with Gasteiger partial charge >= 0.3 is 5.69 Å². The maximum absolute atomic E-state index is 13.6. The zero-order valence-corrected chi connectivity index (χ0v) is 27.1. The smallest absolute Gasteiger partial charge is 0.335 e. The van der Waals surface area contributed by atoms with E-state index >= 15 is 0 Å². The van der Waals surface area contributed by atoms with Crippen LogP contribution in [0.15, 0.2) is 70.6 Å². The molecule has 0 spiro atoms. The van der Waals surface area contributed by atoms with Gasteiger partial charge in [0, 0.05) is 37.1 Å². The van der Waals surface area contributed by atoms with Crippen molar-refractivity contribution in [3.05, 3.63) is 105 Å². The molecule has 1 amide bonds. The number of ether oxygens (including phenoxy) is 1. The van der Waals surface area contributed by atoms with Crippen LogP contribution in [0, 0.1) is 17.7 Å². The largest absolute Gasteiger partial charge is 0.439 e. The van der Waals surface area contributed by atoms with Crippen molar-refractivity contribution in [2.45, 2.75) is 51.6 Å². The number of nitrogens with zero attached hydrogens (tertiary/aromatic N) is 6. The lowest BCUT2D eigenvalue weighted by atomic mass is 9.93.